The van der Waals surface area contributed by atoms with Crippen LogP contribution in [0.3, 0.4) is 0 Å². The average Bonchev–Trinajstić information content (AvgIpc) is 2.80. The van der Waals surface area contributed by atoms with E-state index in [0.717, 1.165) is 32.6 Å². The van der Waals surface area contributed by atoms with Crippen molar-refractivity contribution in [3.63, 3.8) is 0 Å². The zero-order valence-electron chi connectivity index (χ0n) is 10.7. The number of rotatable bonds is 2. The van der Waals surface area contributed by atoms with E-state index < -0.39 is 0 Å². The number of aromatic nitrogens is 4. The van der Waals surface area contributed by atoms with E-state index in [9.17, 15) is 0 Å². The van der Waals surface area contributed by atoms with Crippen molar-refractivity contribution in [2.45, 2.75) is 19.8 Å². The number of pyridine rings is 1. The molecule has 0 saturated heterocycles. The number of hydrogen-bond donors (Lipinski definition) is 1. The molecule has 0 unspecified atom stereocenters. The summed E-state index contributed by atoms with van der Waals surface area (Å²) in [6.45, 7) is 4.27. The first-order valence-corrected chi connectivity index (χ1v) is 6.91. The van der Waals surface area contributed by atoms with Gasteiger partial charge in [-0.1, -0.05) is 13.8 Å². The first kappa shape index (κ1) is 12.3. The molecule has 0 aliphatic rings. The molecule has 19 heavy (non-hydrogen) atoms. The van der Waals surface area contributed by atoms with Crippen molar-refractivity contribution in [3.8, 4) is 11.4 Å². The van der Waals surface area contributed by atoms with Crippen LogP contribution in [0, 0.1) is 0 Å². The van der Waals surface area contributed by atoms with Crippen LogP contribution in [-0.4, -0.2) is 19.9 Å². The predicted octanol–water partition coefficient (Wildman–Crippen LogP) is 3.91. The minimum atomic E-state index is 0.332. The molecule has 0 fully saturated rings. The van der Waals surface area contributed by atoms with E-state index in [4.69, 9.17) is 4.98 Å². The topological polar surface area (TPSA) is 54.5 Å². The van der Waals surface area contributed by atoms with Crippen LogP contribution in [0.4, 0.5) is 0 Å². The molecule has 3 heterocycles. The number of hydrogen-bond acceptors (Lipinski definition) is 3. The fourth-order valence-electron chi connectivity index (χ4n) is 2.07. The minimum Gasteiger partial charge on any atom is -0.345 e. The zero-order valence-corrected chi connectivity index (χ0v) is 12.3. The number of aromatic amines is 1. The summed E-state index contributed by atoms with van der Waals surface area (Å²) in [4.78, 5) is 16.5. The van der Waals surface area contributed by atoms with Crippen molar-refractivity contribution in [1.29, 1.82) is 0 Å². The molecule has 0 aliphatic carbocycles. The molecule has 0 aliphatic heterocycles. The normalized spacial score (nSPS) is 11.4. The zero-order chi connectivity index (χ0) is 13.4. The van der Waals surface area contributed by atoms with Gasteiger partial charge < -0.3 is 4.98 Å². The van der Waals surface area contributed by atoms with Gasteiger partial charge >= 0.3 is 0 Å². The Balaban J connectivity index is 2.29. The lowest BCUT2D eigenvalue weighted by Gasteiger charge is -2.09. The van der Waals surface area contributed by atoms with E-state index in [-0.39, 0.29) is 0 Å². The molecule has 0 saturated carbocycles. The van der Waals surface area contributed by atoms with Gasteiger partial charge in [0.1, 0.15) is 5.65 Å². The molecule has 1 N–H and O–H groups in total. The lowest BCUT2D eigenvalue weighted by atomic mass is 10.1. The molecule has 96 valence electrons. The number of nitrogens with zero attached hydrogens (tertiary/aromatic N) is 3. The Labute approximate surface area is 119 Å². The van der Waals surface area contributed by atoms with Crippen LogP contribution in [0.2, 0.25) is 0 Å². The molecule has 0 bridgehead atoms. The summed E-state index contributed by atoms with van der Waals surface area (Å²) in [6, 6.07) is 3.84. The molecule has 0 aromatic carbocycles. The van der Waals surface area contributed by atoms with Crippen LogP contribution in [0.25, 0.3) is 22.4 Å². The van der Waals surface area contributed by atoms with E-state index in [1.165, 1.54) is 0 Å². The van der Waals surface area contributed by atoms with Gasteiger partial charge in [-0.3, -0.25) is 4.98 Å². The standard InChI is InChI=1S/C14H13BrN4/c1-8(2)12-11-10(15)7-17-14(11)19-13(18-12)9-3-5-16-6-4-9/h3-8H,1-2H3,(H,17,18,19). The Hall–Kier alpha value is -1.75. The van der Waals surface area contributed by atoms with E-state index >= 15 is 0 Å². The maximum atomic E-state index is 4.71. The molecule has 0 amide bonds. The molecule has 3 aromatic heterocycles. The lowest BCUT2D eigenvalue weighted by molar-refractivity contribution is 0.830. The van der Waals surface area contributed by atoms with Gasteiger partial charge in [0.15, 0.2) is 5.82 Å². The molecular formula is C14H13BrN4. The van der Waals surface area contributed by atoms with Gasteiger partial charge in [-0.2, -0.15) is 0 Å². The highest BCUT2D eigenvalue weighted by molar-refractivity contribution is 9.10. The number of fused-ring (bicyclic) bond motifs is 1. The van der Waals surface area contributed by atoms with Gasteiger partial charge in [0.2, 0.25) is 0 Å². The number of H-pyrrole nitrogens is 1. The molecular weight excluding hydrogens is 304 g/mol. The van der Waals surface area contributed by atoms with Crippen LogP contribution in [0.1, 0.15) is 25.5 Å². The van der Waals surface area contributed by atoms with Gasteiger partial charge in [-0.15, -0.1) is 0 Å². The van der Waals surface area contributed by atoms with Crippen LogP contribution in [0.5, 0.6) is 0 Å². The molecule has 3 aromatic rings. The monoisotopic (exact) mass is 316 g/mol. The van der Waals surface area contributed by atoms with Crippen molar-refractivity contribution < 1.29 is 0 Å². The Bertz CT molecular complexity index is 719. The van der Waals surface area contributed by atoms with Crippen LogP contribution >= 0.6 is 15.9 Å². The smallest absolute Gasteiger partial charge is 0.161 e. The molecule has 0 radical (unpaired) electrons. The lowest BCUT2D eigenvalue weighted by Crippen LogP contribution is -1.99. The SMILES string of the molecule is CC(C)c1nc(-c2ccncc2)nc2[nH]cc(Br)c12. The van der Waals surface area contributed by atoms with Gasteiger partial charge in [0.25, 0.3) is 0 Å². The van der Waals surface area contributed by atoms with Gasteiger partial charge in [-0.25, -0.2) is 9.97 Å². The largest absolute Gasteiger partial charge is 0.345 e. The molecule has 5 heteroatoms. The van der Waals surface area contributed by atoms with Crippen LogP contribution in [0.15, 0.2) is 35.2 Å². The Morgan fingerprint density at radius 1 is 1.16 bits per heavy atom. The minimum absolute atomic E-state index is 0.332. The second-order valence-electron chi connectivity index (χ2n) is 4.68. The van der Waals surface area contributed by atoms with E-state index in [1.807, 2.05) is 18.3 Å². The van der Waals surface area contributed by atoms with E-state index in [0.29, 0.717) is 5.92 Å². The summed E-state index contributed by atoms with van der Waals surface area (Å²) in [5.41, 5.74) is 2.88. The number of halogens is 1. The number of nitrogens with one attached hydrogen (secondary N) is 1. The Morgan fingerprint density at radius 3 is 2.58 bits per heavy atom. The molecule has 3 rings (SSSR count). The van der Waals surface area contributed by atoms with Gasteiger partial charge in [-0.05, 0) is 34.0 Å². The van der Waals surface area contributed by atoms with Gasteiger partial charge in [0, 0.05) is 28.6 Å². The Morgan fingerprint density at radius 2 is 1.89 bits per heavy atom. The maximum Gasteiger partial charge on any atom is 0.161 e. The molecule has 0 spiro atoms. The first-order valence-electron chi connectivity index (χ1n) is 6.11. The summed E-state index contributed by atoms with van der Waals surface area (Å²) in [5.74, 6) is 1.06. The highest BCUT2D eigenvalue weighted by Crippen LogP contribution is 2.31. The third kappa shape index (κ3) is 2.14. The van der Waals surface area contributed by atoms with Crippen molar-refractivity contribution in [2.24, 2.45) is 0 Å². The van der Waals surface area contributed by atoms with E-state index in [1.54, 1.807) is 12.4 Å². The molecule has 0 atom stereocenters. The first-order chi connectivity index (χ1) is 9.16. The highest BCUT2D eigenvalue weighted by Gasteiger charge is 2.15. The summed E-state index contributed by atoms with van der Waals surface area (Å²) in [6.07, 6.45) is 5.41. The summed E-state index contributed by atoms with van der Waals surface area (Å²) in [5, 5.41) is 1.06. The second kappa shape index (κ2) is 4.74. The summed E-state index contributed by atoms with van der Waals surface area (Å²) >= 11 is 3.55. The highest BCUT2D eigenvalue weighted by atomic mass is 79.9. The summed E-state index contributed by atoms with van der Waals surface area (Å²) < 4.78 is 1.01. The Kier molecular flexibility index (Phi) is 3.06. The second-order valence-corrected chi connectivity index (χ2v) is 5.54. The van der Waals surface area contributed by atoms with Crippen molar-refractivity contribution in [3.05, 3.63) is 40.9 Å². The van der Waals surface area contributed by atoms with Crippen molar-refractivity contribution >= 4 is 27.0 Å². The van der Waals surface area contributed by atoms with Crippen molar-refractivity contribution in [2.75, 3.05) is 0 Å². The third-order valence-corrected chi connectivity index (χ3v) is 3.62. The fourth-order valence-corrected chi connectivity index (χ4v) is 2.58. The van der Waals surface area contributed by atoms with Gasteiger partial charge in [0.05, 0.1) is 11.1 Å². The van der Waals surface area contributed by atoms with Crippen LogP contribution in [-0.2, 0) is 0 Å². The quantitative estimate of drug-likeness (QED) is 0.780. The predicted molar refractivity (Wildman–Crippen MR) is 78.9 cm³/mol. The fraction of sp³-hybridized carbons (Fsp3) is 0.214. The summed E-state index contributed by atoms with van der Waals surface area (Å²) in [7, 11) is 0. The third-order valence-electron chi connectivity index (χ3n) is 3.00. The molecule has 4 nitrogen and oxygen atoms in total. The van der Waals surface area contributed by atoms with Crippen molar-refractivity contribution in [1.82, 2.24) is 19.9 Å². The van der Waals surface area contributed by atoms with E-state index in [2.05, 4.69) is 44.7 Å². The maximum absolute atomic E-state index is 4.71. The van der Waals surface area contributed by atoms with Crippen LogP contribution < -0.4 is 0 Å². The average molecular weight is 317 g/mol.